The number of hydrogen-bond acceptors (Lipinski definition) is 3. The van der Waals surface area contributed by atoms with Crippen LogP contribution in [0.4, 0.5) is 11.4 Å². The highest BCUT2D eigenvalue weighted by atomic mass is 16.3. The second-order valence-electron chi connectivity index (χ2n) is 4.60. The molecule has 0 spiro atoms. The molecule has 2 atom stereocenters. The van der Waals surface area contributed by atoms with E-state index in [4.69, 9.17) is 5.73 Å². The molecular weight excluding hydrogens is 188 g/mol. The number of aliphatic hydroxyl groups excluding tert-OH is 1. The van der Waals surface area contributed by atoms with Gasteiger partial charge in [0.25, 0.3) is 0 Å². The maximum Gasteiger partial charge on any atom is 0.0784 e. The Morgan fingerprint density at radius 2 is 2.20 bits per heavy atom. The Kier molecular flexibility index (Phi) is 2.57. The predicted molar refractivity (Wildman–Crippen MR) is 62.8 cm³/mol. The van der Waals surface area contributed by atoms with Gasteiger partial charge >= 0.3 is 0 Å². The summed E-state index contributed by atoms with van der Waals surface area (Å²) in [5.74, 6) is 0.422. The third-order valence-electron chi connectivity index (χ3n) is 3.01. The summed E-state index contributed by atoms with van der Waals surface area (Å²) in [6, 6.07) is 5.95. The Morgan fingerprint density at radius 1 is 1.47 bits per heavy atom. The molecule has 1 aromatic carbocycles. The van der Waals surface area contributed by atoms with Gasteiger partial charge < -0.3 is 16.2 Å². The minimum atomic E-state index is -0.320. The van der Waals surface area contributed by atoms with Crippen LogP contribution < -0.4 is 11.1 Å². The van der Waals surface area contributed by atoms with Crippen LogP contribution >= 0.6 is 0 Å². The van der Waals surface area contributed by atoms with Gasteiger partial charge in [-0.25, -0.2) is 0 Å². The smallest absolute Gasteiger partial charge is 0.0784 e. The monoisotopic (exact) mass is 206 g/mol. The molecule has 3 nitrogen and oxygen atoms in total. The van der Waals surface area contributed by atoms with Crippen LogP contribution in [-0.2, 0) is 6.42 Å². The van der Waals surface area contributed by atoms with E-state index < -0.39 is 0 Å². The summed E-state index contributed by atoms with van der Waals surface area (Å²) >= 11 is 0. The Hall–Kier alpha value is -1.22. The van der Waals surface area contributed by atoms with Crippen molar-refractivity contribution < 1.29 is 5.11 Å². The van der Waals surface area contributed by atoms with E-state index in [1.165, 1.54) is 0 Å². The van der Waals surface area contributed by atoms with Crippen molar-refractivity contribution in [2.24, 2.45) is 5.92 Å². The van der Waals surface area contributed by atoms with E-state index in [1.54, 1.807) is 0 Å². The van der Waals surface area contributed by atoms with Crippen LogP contribution in [0.15, 0.2) is 18.2 Å². The molecule has 0 saturated carbocycles. The van der Waals surface area contributed by atoms with Gasteiger partial charge in [-0.3, -0.25) is 0 Å². The zero-order chi connectivity index (χ0) is 11.0. The van der Waals surface area contributed by atoms with E-state index in [1.807, 2.05) is 18.2 Å². The average Bonchev–Trinajstić information content (AvgIpc) is 2.15. The van der Waals surface area contributed by atoms with Crippen LogP contribution in [-0.4, -0.2) is 17.3 Å². The van der Waals surface area contributed by atoms with Crippen molar-refractivity contribution in [3.05, 3.63) is 23.8 Å². The lowest BCUT2D eigenvalue weighted by molar-refractivity contribution is 0.129. The fourth-order valence-electron chi connectivity index (χ4n) is 2.16. The summed E-state index contributed by atoms with van der Waals surface area (Å²) in [7, 11) is 0. The first-order chi connectivity index (χ1) is 7.08. The molecule has 1 aliphatic rings. The number of hydrogen-bond donors (Lipinski definition) is 3. The Labute approximate surface area is 90.3 Å². The minimum Gasteiger partial charge on any atom is -0.399 e. The highest BCUT2D eigenvalue weighted by Gasteiger charge is 2.28. The van der Waals surface area contributed by atoms with Crippen molar-refractivity contribution >= 4 is 11.4 Å². The van der Waals surface area contributed by atoms with Gasteiger partial charge in [0.2, 0.25) is 0 Å². The number of nitrogens with one attached hydrogen (secondary N) is 1. The highest BCUT2D eigenvalue weighted by molar-refractivity contribution is 5.60. The van der Waals surface area contributed by atoms with Crippen molar-refractivity contribution in [3.8, 4) is 0 Å². The Morgan fingerprint density at radius 3 is 2.87 bits per heavy atom. The molecule has 0 aromatic heterocycles. The zero-order valence-corrected chi connectivity index (χ0v) is 9.20. The van der Waals surface area contributed by atoms with Crippen LogP contribution in [0.1, 0.15) is 19.4 Å². The largest absolute Gasteiger partial charge is 0.399 e. The van der Waals surface area contributed by atoms with Crippen molar-refractivity contribution in [2.45, 2.75) is 32.4 Å². The summed E-state index contributed by atoms with van der Waals surface area (Å²) < 4.78 is 0. The molecule has 0 bridgehead atoms. The van der Waals surface area contributed by atoms with Crippen LogP contribution in [0.2, 0.25) is 0 Å². The quantitative estimate of drug-likeness (QED) is 0.612. The lowest BCUT2D eigenvalue weighted by Crippen LogP contribution is -2.42. The number of anilines is 2. The zero-order valence-electron chi connectivity index (χ0n) is 9.20. The number of nitrogens with two attached hydrogens (primary N) is 1. The van der Waals surface area contributed by atoms with E-state index in [0.29, 0.717) is 12.3 Å². The maximum atomic E-state index is 9.97. The summed E-state index contributed by atoms with van der Waals surface area (Å²) in [5, 5.41) is 13.3. The van der Waals surface area contributed by atoms with Gasteiger partial charge in [-0.15, -0.1) is 0 Å². The van der Waals surface area contributed by atoms with Crippen molar-refractivity contribution in [1.29, 1.82) is 0 Å². The third-order valence-corrected chi connectivity index (χ3v) is 3.01. The van der Waals surface area contributed by atoms with E-state index in [2.05, 4.69) is 19.2 Å². The van der Waals surface area contributed by atoms with Gasteiger partial charge in [0.1, 0.15) is 0 Å². The molecule has 0 amide bonds. The molecule has 1 heterocycles. The number of fused-ring (bicyclic) bond motifs is 1. The number of nitrogen functional groups attached to an aromatic ring is 1. The normalized spacial score (nSPS) is 24.8. The minimum absolute atomic E-state index is 0.140. The molecular formula is C12H18N2O. The van der Waals surface area contributed by atoms with Gasteiger partial charge in [0.15, 0.2) is 0 Å². The first-order valence-corrected chi connectivity index (χ1v) is 5.41. The van der Waals surface area contributed by atoms with Crippen molar-refractivity contribution in [3.63, 3.8) is 0 Å². The number of rotatable bonds is 1. The second-order valence-corrected chi connectivity index (χ2v) is 4.60. The molecule has 2 unspecified atom stereocenters. The second kappa shape index (κ2) is 3.74. The average molecular weight is 206 g/mol. The van der Waals surface area contributed by atoms with E-state index in [0.717, 1.165) is 16.9 Å². The Bertz CT molecular complexity index is 363. The lowest BCUT2D eigenvalue weighted by atomic mass is 9.89. The molecule has 0 fully saturated rings. The third kappa shape index (κ3) is 1.92. The summed E-state index contributed by atoms with van der Waals surface area (Å²) in [4.78, 5) is 0. The first-order valence-electron chi connectivity index (χ1n) is 5.41. The molecule has 0 radical (unpaired) electrons. The van der Waals surface area contributed by atoms with Gasteiger partial charge in [-0.05, 0) is 29.7 Å². The molecule has 4 N–H and O–H groups in total. The maximum absolute atomic E-state index is 9.97. The lowest BCUT2D eigenvalue weighted by Gasteiger charge is -2.34. The van der Waals surface area contributed by atoms with Gasteiger partial charge in [0.05, 0.1) is 12.1 Å². The number of benzene rings is 1. The summed E-state index contributed by atoms with van der Waals surface area (Å²) in [6.45, 7) is 4.23. The Balaban J connectivity index is 2.29. The van der Waals surface area contributed by atoms with Crippen molar-refractivity contribution in [1.82, 2.24) is 0 Å². The fourth-order valence-corrected chi connectivity index (χ4v) is 2.16. The molecule has 0 aliphatic carbocycles. The summed E-state index contributed by atoms with van der Waals surface area (Å²) in [6.07, 6.45) is 0.371. The fraction of sp³-hybridized carbons (Fsp3) is 0.500. The number of aliphatic hydroxyl groups is 1. The molecule has 1 aliphatic heterocycles. The first kappa shape index (κ1) is 10.3. The molecule has 15 heavy (non-hydrogen) atoms. The molecule has 2 rings (SSSR count). The van der Waals surface area contributed by atoms with Crippen LogP contribution in [0, 0.1) is 5.92 Å². The predicted octanol–water partition coefficient (Wildman–Crippen LogP) is 1.62. The van der Waals surface area contributed by atoms with Crippen molar-refractivity contribution in [2.75, 3.05) is 11.1 Å². The molecule has 82 valence electrons. The van der Waals surface area contributed by atoms with Crippen LogP contribution in [0.3, 0.4) is 0 Å². The topological polar surface area (TPSA) is 58.3 Å². The van der Waals surface area contributed by atoms with Gasteiger partial charge in [0, 0.05) is 17.8 Å². The van der Waals surface area contributed by atoms with E-state index in [9.17, 15) is 5.11 Å². The van der Waals surface area contributed by atoms with Gasteiger partial charge in [-0.1, -0.05) is 13.8 Å². The SMILES string of the molecule is CC(C)C1Nc2ccc(N)cc2CC1O. The highest BCUT2D eigenvalue weighted by Crippen LogP contribution is 2.29. The summed E-state index contributed by atoms with van der Waals surface area (Å²) in [5.41, 5.74) is 8.68. The van der Waals surface area contributed by atoms with E-state index in [-0.39, 0.29) is 12.1 Å². The standard InChI is InChI=1S/C12H18N2O/c1-7(2)12-11(15)6-8-5-9(13)3-4-10(8)14-12/h3-5,7,11-12,14-15H,6,13H2,1-2H3. The molecule has 1 aromatic rings. The van der Waals surface area contributed by atoms with Crippen LogP contribution in [0.25, 0.3) is 0 Å². The van der Waals surface area contributed by atoms with Gasteiger partial charge in [-0.2, -0.15) is 0 Å². The molecule has 0 saturated heterocycles. The molecule has 3 heteroatoms. The van der Waals surface area contributed by atoms with Crippen LogP contribution in [0.5, 0.6) is 0 Å². The van der Waals surface area contributed by atoms with E-state index >= 15 is 0 Å².